The second-order valence-corrected chi connectivity index (χ2v) is 3.75. The summed E-state index contributed by atoms with van der Waals surface area (Å²) in [5, 5.41) is 6.47. The zero-order valence-electron chi connectivity index (χ0n) is 9.55. The molecule has 0 radical (unpaired) electrons. The summed E-state index contributed by atoms with van der Waals surface area (Å²) >= 11 is 0. The summed E-state index contributed by atoms with van der Waals surface area (Å²) < 4.78 is 5.51. The lowest BCUT2D eigenvalue weighted by Gasteiger charge is -2.12. The van der Waals surface area contributed by atoms with Crippen LogP contribution < -0.4 is 5.32 Å². The Balaban J connectivity index is 1.88. The fraction of sp³-hybridized carbons (Fsp3) is 0.333. The number of hydrogen-bond donors (Lipinski definition) is 1. The maximum absolute atomic E-state index is 10.9. The van der Waals surface area contributed by atoms with Crippen LogP contribution in [0, 0.1) is 0 Å². The summed E-state index contributed by atoms with van der Waals surface area (Å²) in [5.74, 6) is 0.292. The van der Waals surface area contributed by atoms with Crippen molar-refractivity contribution in [1.82, 2.24) is 5.32 Å². The maximum atomic E-state index is 10.9. The summed E-state index contributed by atoms with van der Waals surface area (Å²) in [6, 6.07) is 9.47. The summed E-state index contributed by atoms with van der Waals surface area (Å²) in [7, 11) is 0. The molecular weight excluding hydrogens is 220 g/mol. The second-order valence-electron chi connectivity index (χ2n) is 3.75. The minimum atomic E-state index is -0.281. The van der Waals surface area contributed by atoms with Crippen LogP contribution in [-0.4, -0.2) is 24.5 Å². The molecule has 1 aliphatic heterocycles. The number of ether oxygens (including phenoxy) is 1. The van der Waals surface area contributed by atoms with Crippen LogP contribution in [-0.2, 0) is 21.0 Å². The fourth-order valence-electron chi connectivity index (χ4n) is 1.52. The topological polar surface area (TPSA) is 59.9 Å². The lowest BCUT2D eigenvalue weighted by molar-refractivity contribution is -0.119. The van der Waals surface area contributed by atoms with Crippen molar-refractivity contribution >= 4 is 11.8 Å². The highest BCUT2D eigenvalue weighted by atomic mass is 16.7. The van der Waals surface area contributed by atoms with Gasteiger partial charge in [-0.15, -0.1) is 0 Å². The molecule has 1 atom stereocenters. The quantitative estimate of drug-likeness (QED) is 0.850. The third-order valence-corrected chi connectivity index (χ3v) is 2.30. The van der Waals surface area contributed by atoms with E-state index in [2.05, 4.69) is 10.5 Å². The van der Waals surface area contributed by atoms with Gasteiger partial charge < -0.3 is 14.9 Å². The first-order valence-electron chi connectivity index (χ1n) is 5.39. The van der Waals surface area contributed by atoms with Gasteiger partial charge in [0.25, 0.3) is 5.90 Å². The fourth-order valence-corrected chi connectivity index (χ4v) is 1.52. The van der Waals surface area contributed by atoms with E-state index in [1.807, 2.05) is 30.3 Å². The van der Waals surface area contributed by atoms with Crippen molar-refractivity contribution in [3.63, 3.8) is 0 Å². The third-order valence-electron chi connectivity index (χ3n) is 2.30. The Morgan fingerprint density at radius 1 is 1.53 bits per heavy atom. The second kappa shape index (κ2) is 5.34. The molecule has 1 aliphatic rings. The van der Waals surface area contributed by atoms with Crippen LogP contribution in [0.1, 0.15) is 12.5 Å². The molecule has 1 unspecified atom stereocenters. The molecule has 2 rings (SSSR count). The monoisotopic (exact) mass is 234 g/mol. The van der Waals surface area contributed by atoms with Crippen molar-refractivity contribution < 1.29 is 14.4 Å². The van der Waals surface area contributed by atoms with Crippen LogP contribution in [0.15, 0.2) is 35.5 Å². The van der Waals surface area contributed by atoms with E-state index >= 15 is 0 Å². The molecule has 5 nitrogen and oxygen atoms in total. The van der Waals surface area contributed by atoms with Gasteiger partial charge >= 0.3 is 0 Å². The molecule has 1 aromatic carbocycles. The largest absolute Gasteiger partial charge is 0.472 e. The average molecular weight is 234 g/mol. The molecule has 0 bridgehead atoms. The molecule has 0 aromatic heterocycles. The average Bonchev–Trinajstić information content (AvgIpc) is 2.74. The summed E-state index contributed by atoms with van der Waals surface area (Å²) in [4.78, 5) is 15.8. The minimum Gasteiger partial charge on any atom is -0.472 e. The normalized spacial score (nSPS) is 18.2. The van der Waals surface area contributed by atoms with Gasteiger partial charge in [-0.2, -0.15) is 0 Å². The predicted octanol–water partition coefficient (Wildman–Crippen LogP) is 1.05. The minimum absolute atomic E-state index is 0.128. The van der Waals surface area contributed by atoms with Crippen LogP contribution in [0.2, 0.25) is 0 Å². The van der Waals surface area contributed by atoms with Gasteiger partial charge in [0.1, 0.15) is 19.3 Å². The van der Waals surface area contributed by atoms with Crippen molar-refractivity contribution in [3.8, 4) is 0 Å². The van der Waals surface area contributed by atoms with E-state index in [9.17, 15) is 4.79 Å². The van der Waals surface area contributed by atoms with Crippen molar-refractivity contribution in [3.05, 3.63) is 35.9 Å². The van der Waals surface area contributed by atoms with Gasteiger partial charge in [-0.3, -0.25) is 4.79 Å². The molecule has 1 heterocycles. The number of oxime groups is 1. The highest BCUT2D eigenvalue weighted by molar-refractivity contribution is 5.87. The maximum Gasteiger partial charge on any atom is 0.252 e. The van der Waals surface area contributed by atoms with Gasteiger partial charge in [-0.1, -0.05) is 30.3 Å². The first kappa shape index (κ1) is 11.4. The Morgan fingerprint density at radius 3 is 3.00 bits per heavy atom. The van der Waals surface area contributed by atoms with E-state index in [0.717, 1.165) is 5.56 Å². The number of nitrogens with one attached hydrogen (secondary N) is 1. The molecule has 1 N–H and O–H groups in total. The molecule has 0 fully saturated rings. The van der Waals surface area contributed by atoms with E-state index in [1.165, 1.54) is 6.92 Å². The molecule has 0 aliphatic carbocycles. The summed E-state index contributed by atoms with van der Waals surface area (Å²) in [5.41, 5.74) is 1.05. The van der Waals surface area contributed by atoms with E-state index in [4.69, 9.17) is 9.57 Å². The Kier molecular flexibility index (Phi) is 3.59. The molecule has 1 amide bonds. The number of rotatable bonds is 3. The number of carbonyl (C=O) groups excluding carboxylic acids is 1. The van der Waals surface area contributed by atoms with E-state index < -0.39 is 0 Å². The van der Waals surface area contributed by atoms with E-state index in [-0.39, 0.29) is 11.9 Å². The Hall–Kier alpha value is -2.04. The Morgan fingerprint density at radius 2 is 2.29 bits per heavy atom. The number of nitrogens with zero attached hydrogens (tertiary/aromatic N) is 1. The standard InChI is InChI=1S/C12H14N2O3/c1-9(15)13-11-8-17-14-12(11)16-7-10-5-3-2-4-6-10/h2-6,11H,7-8H2,1H3,(H,13,15). The zero-order valence-corrected chi connectivity index (χ0v) is 9.55. The van der Waals surface area contributed by atoms with Crippen molar-refractivity contribution in [2.45, 2.75) is 19.6 Å². The van der Waals surface area contributed by atoms with Crippen molar-refractivity contribution in [2.24, 2.45) is 5.16 Å². The molecule has 17 heavy (non-hydrogen) atoms. The Bertz CT molecular complexity index is 417. The third kappa shape index (κ3) is 3.21. The van der Waals surface area contributed by atoms with E-state index in [1.54, 1.807) is 0 Å². The predicted molar refractivity (Wildman–Crippen MR) is 62.2 cm³/mol. The van der Waals surface area contributed by atoms with Crippen LogP contribution in [0.4, 0.5) is 0 Å². The van der Waals surface area contributed by atoms with Crippen LogP contribution >= 0.6 is 0 Å². The van der Waals surface area contributed by atoms with Gasteiger partial charge in [0.2, 0.25) is 5.91 Å². The lowest BCUT2D eigenvalue weighted by atomic mass is 10.2. The molecule has 0 saturated heterocycles. The zero-order chi connectivity index (χ0) is 12.1. The van der Waals surface area contributed by atoms with Crippen molar-refractivity contribution in [1.29, 1.82) is 0 Å². The Labute approximate surface area is 99.4 Å². The van der Waals surface area contributed by atoms with Gasteiger partial charge in [0.05, 0.1) is 0 Å². The molecule has 0 spiro atoms. The molecule has 1 aromatic rings. The molecule has 5 heteroatoms. The highest BCUT2D eigenvalue weighted by Crippen LogP contribution is 2.07. The number of hydrogen-bond acceptors (Lipinski definition) is 4. The summed E-state index contributed by atoms with van der Waals surface area (Å²) in [6.45, 7) is 2.19. The number of carbonyl (C=O) groups is 1. The van der Waals surface area contributed by atoms with Gasteiger partial charge in [-0.25, -0.2) is 0 Å². The summed E-state index contributed by atoms with van der Waals surface area (Å²) in [6.07, 6.45) is 0. The lowest BCUT2D eigenvalue weighted by Crippen LogP contribution is -2.40. The molecule has 90 valence electrons. The van der Waals surface area contributed by atoms with Crippen LogP contribution in [0.25, 0.3) is 0 Å². The van der Waals surface area contributed by atoms with Gasteiger partial charge in [0.15, 0.2) is 0 Å². The van der Waals surface area contributed by atoms with Crippen LogP contribution in [0.5, 0.6) is 0 Å². The smallest absolute Gasteiger partial charge is 0.252 e. The molecule has 0 saturated carbocycles. The molecular formula is C12H14N2O3. The first-order chi connectivity index (χ1) is 8.25. The van der Waals surface area contributed by atoms with Gasteiger partial charge in [0, 0.05) is 6.92 Å². The SMILES string of the molecule is CC(=O)NC1CON=C1OCc1ccccc1. The number of benzene rings is 1. The number of amides is 1. The first-order valence-corrected chi connectivity index (χ1v) is 5.39. The van der Waals surface area contributed by atoms with Crippen LogP contribution in [0.3, 0.4) is 0 Å². The van der Waals surface area contributed by atoms with Crippen molar-refractivity contribution in [2.75, 3.05) is 6.61 Å². The highest BCUT2D eigenvalue weighted by Gasteiger charge is 2.25. The van der Waals surface area contributed by atoms with E-state index in [0.29, 0.717) is 19.1 Å². The van der Waals surface area contributed by atoms with Gasteiger partial charge in [-0.05, 0) is 10.7 Å².